The number of anilines is 2. The maximum Gasteiger partial charge on any atom is 0.148 e. The molecule has 2 N–H and O–H groups in total. The molecular weight excluding hydrogens is 176 g/mol. The molecule has 0 saturated heterocycles. The van der Waals surface area contributed by atoms with E-state index in [0.29, 0.717) is 0 Å². The van der Waals surface area contributed by atoms with Crippen molar-refractivity contribution in [1.29, 1.82) is 0 Å². The van der Waals surface area contributed by atoms with E-state index < -0.39 is 0 Å². The van der Waals surface area contributed by atoms with E-state index in [-0.39, 0.29) is 5.54 Å². The van der Waals surface area contributed by atoms with Crippen LogP contribution in [0.3, 0.4) is 0 Å². The molecule has 0 radical (unpaired) electrons. The molecule has 0 bridgehead atoms. The summed E-state index contributed by atoms with van der Waals surface area (Å²) in [6, 6.07) is 0. The van der Waals surface area contributed by atoms with Crippen molar-refractivity contribution in [3.63, 3.8) is 0 Å². The Bertz CT molecular complexity index is 351. The van der Waals surface area contributed by atoms with Gasteiger partial charge in [0.25, 0.3) is 0 Å². The molecule has 0 saturated carbocycles. The first-order chi connectivity index (χ1) is 6.53. The van der Waals surface area contributed by atoms with E-state index in [9.17, 15) is 0 Å². The predicted molar refractivity (Wildman–Crippen MR) is 58.8 cm³/mol. The minimum Gasteiger partial charge on any atom is -0.378 e. The summed E-state index contributed by atoms with van der Waals surface area (Å²) < 4.78 is 2.01. The minimum atomic E-state index is 0.104. The van der Waals surface area contributed by atoms with Crippen LogP contribution in [0.1, 0.15) is 26.5 Å². The highest BCUT2D eigenvalue weighted by atomic mass is 15.4. The number of rotatable bonds is 1. The van der Waals surface area contributed by atoms with Crippen LogP contribution in [0.2, 0.25) is 0 Å². The lowest BCUT2D eigenvalue weighted by molar-refractivity contribution is 0.566. The van der Waals surface area contributed by atoms with E-state index in [2.05, 4.69) is 36.5 Å². The van der Waals surface area contributed by atoms with Crippen LogP contribution in [0.5, 0.6) is 0 Å². The van der Waals surface area contributed by atoms with Gasteiger partial charge >= 0.3 is 0 Å². The van der Waals surface area contributed by atoms with Gasteiger partial charge in [0.15, 0.2) is 0 Å². The van der Waals surface area contributed by atoms with Crippen LogP contribution in [0.15, 0.2) is 0 Å². The second-order valence-corrected chi connectivity index (χ2v) is 4.49. The summed E-state index contributed by atoms with van der Waals surface area (Å²) in [7, 11) is 0. The Hall–Kier alpha value is -1.19. The zero-order valence-electron chi connectivity index (χ0n) is 9.31. The van der Waals surface area contributed by atoms with Crippen molar-refractivity contribution in [3.05, 3.63) is 5.69 Å². The lowest BCUT2D eigenvalue weighted by Crippen LogP contribution is -2.42. The SMILES string of the molecule is CCn1nc(C)c2c1NC(C)(C)CN2. The normalized spacial score (nSPS) is 18.3. The van der Waals surface area contributed by atoms with E-state index in [1.54, 1.807) is 0 Å². The maximum absolute atomic E-state index is 4.47. The number of hydrogen-bond donors (Lipinski definition) is 2. The third-order valence-electron chi connectivity index (χ3n) is 2.59. The van der Waals surface area contributed by atoms with Crippen LogP contribution in [0.4, 0.5) is 11.5 Å². The standard InChI is InChI=1S/C10H18N4/c1-5-14-9-8(7(2)13-14)11-6-10(3,4)12-9/h11-12H,5-6H2,1-4H3. The summed E-state index contributed by atoms with van der Waals surface area (Å²) in [6.45, 7) is 10.4. The zero-order chi connectivity index (χ0) is 10.3. The topological polar surface area (TPSA) is 41.9 Å². The van der Waals surface area contributed by atoms with Crippen molar-refractivity contribution in [2.24, 2.45) is 0 Å². The van der Waals surface area contributed by atoms with Gasteiger partial charge in [0.1, 0.15) is 11.5 Å². The minimum absolute atomic E-state index is 0.104. The first-order valence-electron chi connectivity index (χ1n) is 5.13. The predicted octanol–water partition coefficient (Wildman–Crippen LogP) is 1.83. The molecule has 78 valence electrons. The molecule has 0 aromatic carbocycles. The van der Waals surface area contributed by atoms with E-state index in [1.807, 2.05) is 11.6 Å². The summed E-state index contributed by atoms with van der Waals surface area (Å²) in [5.41, 5.74) is 2.34. The van der Waals surface area contributed by atoms with E-state index >= 15 is 0 Å². The Morgan fingerprint density at radius 2 is 2.21 bits per heavy atom. The summed E-state index contributed by atoms with van der Waals surface area (Å²) in [4.78, 5) is 0. The number of nitrogens with zero attached hydrogens (tertiary/aromatic N) is 2. The van der Waals surface area contributed by atoms with E-state index in [4.69, 9.17) is 0 Å². The highest BCUT2D eigenvalue weighted by molar-refractivity contribution is 5.71. The molecule has 2 heterocycles. The smallest absolute Gasteiger partial charge is 0.148 e. The molecular formula is C10H18N4. The van der Waals surface area contributed by atoms with Crippen molar-refractivity contribution < 1.29 is 0 Å². The molecule has 4 nitrogen and oxygen atoms in total. The molecule has 0 fully saturated rings. The number of hydrogen-bond acceptors (Lipinski definition) is 3. The average Bonchev–Trinajstić information content (AvgIpc) is 2.40. The molecule has 0 aliphatic carbocycles. The van der Waals surface area contributed by atoms with Crippen LogP contribution in [0, 0.1) is 6.92 Å². The van der Waals surface area contributed by atoms with Crippen LogP contribution >= 0.6 is 0 Å². The second-order valence-electron chi connectivity index (χ2n) is 4.49. The highest BCUT2D eigenvalue weighted by Crippen LogP contribution is 2.32. The Labute approximate surface area is 84.7 Å². The van der Waals surface area contributed by atoms with Crippen molar-refractivity contribution in [2.75, 3.05) is 17.2 Å². The number of aromatic nitrogens is 2. The summed E-state index contributed by atoms with van der Waals surface area (Å²) in [5.74, 6) is 1.13. The molecule has 1 aliphatic rings. The fourth-order valence-electron chi connectivity index (χ4n) is 1.82. The Balaban J connectivity index is 2.44. The molecule has 1 aromatic rings. The van der Waals surface area contributed by atoms with Gasteiger partial charge in [-0.15, -0.1) is 0 Å². The van der Waals surface area contributed by atoms with Crippen molar-refractivity contribution in [1.82, 2.24) is 9.78 Å². The quantitative estimate of drug-likeness (QED) is 0.716. The Kier molecular flexibility index (Phi) is 1.94. The van der Waals surface area contributed by atoms with Crippen LogP contribution in [0.25, 0.3) is 0 Å². The molecule has 1 aliphatic heterocycles. The molecule has 0 unspecified atom stereocenters. The molecule has 14 heavy (non-hydrogen) atoms. The number of nitrogens with one attached hydrogen (secondary N) is 2. The third kappa shape index (κ3) is 1.35. The van der Waals surface area contributed by atoms with Gasteiger partial charge in [-0.2, -0.15) is 5.10 Å². The Morgan fingerprint density at radius 1 is 1.50 bits per heavy atom. The maximum atomic E-state index is 4.47. The molecule has 0 amide bonds. The monoisotopic (exact) mass is 194 g/mol. The van der Waals surface area contributed by atoms with E-state index in [0.717, 1.165) is 30.3 Å². The third-order valence-corrected chi connectivity index (χ3v) is 2.59. The summed E-state index contributed by atoms with van der Waals surface area (Å²) in [6.07, 6.45) is 0. The fraction of sp³-hybridized carbons (Fsp3) is 0.700. The van der Waals surface area contributed by atoms with Gasteiger partial charge in [-0.25, -0.2) is 4.68 Å². The zero-order valence-corrected chi connectivity index (χ0v) is 9.31. The molecule has 1 aromatic heterocycles. The molecule has 0 spiro atoms. The largest absolute Gasteiger partial charge is 0.378 e. The summed E-state index contributed by atoms with van der Waals surface area (Å²) >= 11 is 0. The molecule has 4 heteroatoms. The first-order valence-corrected chi connectivity index (χ1v) is 5.13. The lowest BCUT2D eigenvalue weighted by atomic mass is 10.0. The molecule has 0 atom stereocenters. The molecule has 2 rings (SSSR count). The van der Waals surface area contributed by atoms with Gasteiger partial charge in [-0.3, -0.25) is 0 Å². The van der Waals surface area contributed by atoms with Crippen molar-refractivity contribution in [2.45, 2.75) is 39.8 Å². The van der Waals surface area contributed by atoms with Gasteiger partial charge in [0.2, 0.25) is 0 Å². The van der Waals surface area contributed by atoms with Gasteiger partial charge in [0, 0.05) is 13.1 Å². The van der Waals surface area contributed by atoms with Gasteiger partial charge in [0.05, 0.1) is 11.2 Å². The van der Waals surface area contributed by atoms with Gasteiger partial charge < -0.3 is 10.6 Å². The average molecular weight is 194 g/mol. The summed E-state index contributed by atoms with van der Waals surface area (Å²) in [5, 5.41) is 11.4. The second kappa shape index (κ2) is 2.90. The van der Waals surface area contributed by atoms with Gasteiger partial charge in [-0.1, -0.05) is 0 Å². The van der Waals surface area contributed by atoms with Crippen LogP contribution < -0.4 is 10.6 Å². The van der Waals surface area contributed by atoms with Gasteiger partial charge in [-0.05, 0) is 27.7 Å². The van der Waals surface area contributed by atoms with Crippen LogP contribution in [-0.4, -0.2) is 21.9 Å². The first kappa shape index (κ1) is 9.37. The fourth-order valence-corrected chi connectivity index (χ4v) is 1.82. The van der Waals surface area contributed by atoms with E-state index in [1.165, 1.54) is 0 Å². The van der Waals surface area contributed by atoms with Crippen molar-refractivity contribution in [3.8, 4) is 0 Å². The number of fused-ring (bicyclic) bond motifs is 1. The van der Waals surface area contributed by atoms with Crippen LogP contribution in [-0.2, 0) is 6.54 Å². The highest BCUT2D eigenvalue weighted by Gasteiger charge is 2.28. The van der Waals surface area contributed by atoms with Crippen molar-refractivity contribution >= 4 is 11.5 Å². The Morgan fingerprint density at radius 3 is 2.86 bits per heavy atom. The number of aryl methyl sites for hydroxylation is 2. The lowest BCUT2D eigenvalue weighted by Gasteiger charge is -2.33.